The zero-order chi connectivity index (χ0) is 103. The van der Waals surface area contributed by atoms with Crippen molar-refractivity contribution in [1.29, 1.82) is 0 Å². The van der Waals surface area contributed by atoms with E-state index in [-0.39, 0.29) is 54.6 Å². The molecule has 5 aromatic carbocycles. The molecule has 0 atom stereocenters. The second kappa shape index (κ2) is 45.5. The highest BCUT2D eigenvalue weighted by molar-refractivity contribution is 5.72. The van der Waals surface area contributed by atoms with Gasteiger partial charge in [0.2, 0.25) is 5.56 Å². The molecule has 754 valence electrons. The van der Waals surface area contributed by atoms with Crippen molar-refractivity contribution in [3.8, 4) is 85.4 Å². The highest BCUT2D eigenvalue weighted by Gasteiger charge is 2.27. The Hall–Kier alpha value is -16.4. The molecule has 0 aliphatic carbocycles. The summed E-state index contributed by atoms with van der Waals surface area (Å²) in [7, 11) is 14.3. The molecule has 0 bridgehead atoms. The number of H-pyrrole nitrogens is 1. The van der Waals surface area contributed by atoms with Crippen LogP contribution in [0, 0.1) is 34.6 Å². The van der Waals surface area contributed by atoms with Crippen molar-refractivity contribution >= 4 is 64.0 Å². The minimum Gasteiger partial charge on any atom is -0.495 e. The van der Waals surface area contributed by atoms with Gasteiger partial charge in [-0.05, 0) is 305 Å². The van der Waals surface area contributed by atoms with Crippen molar-refractivity contribution in [2.45, 2.75) is 132 Å². The third-order valence-corrected chi connectivity index (χ3v) is 26.8. The van der Waals surface area contributed by atoms with Gasteiger partial charge in [0.25, 0.3) is 17.6 Å². The van der Waals surface area contributed by atoms with Gasteiger partial charge in [0, 0.05) is 155 Å². The van der Waals surface area contributed by atoms with Crippen molar-refractivity contribution in [3.05, 3.63) is 293 Å². The van der Waals surface area contributed by atoms with Crippen LogP contribution in [0.25, 0.3) is 56.3 Å². The SMILES string of the molecule is COc1cnc(N)cc1COc1nc(-c2cc(C)c3c(c2)CN(C)CC3)cnc1N.Cc1cc(-c2cnc(N)c(N(C)Cc3ccnc(N)c3)n2)cc2c1CCN(C)C2.Cc1cc(-c2cnc(N)c(NCc3ccnc(N)c3)n2)cc2c1CCN(C)C2.Cc1cc(-c2cnc(N)c(OCc3cc[nH]c(=O)c3)n2)cc2c1CCN(C)C2.Cc1cc(-c2cnc(N)c(OCc3ccnc4c3OCCN4)n2)cc2c1CCN(C)C2. The van der Waals surface area contributed by atoms with Gasteiger partial charge in [-0.15, -0.1) is 0 Å². The zero-order valence-corrected chi connectivity index (χ0v) is 84.7. The number of rotatable bonds is 21. The Morgan fingerprint density at radius 1 is 0.404 bits per heavy atom. The number of likely N-dealkylation sites (N-methyl/N-ethyl adjacent to an activating group) is 5. The van der Waals surface area contributed by atoms with Crippen molar-refractivity contribution in [2.24, 2.45) is 0 Å². The number of pyridine rings is 5. The number of nitrogens with one attached hydrogen (secondary N) is 3. The number of fused-ring (bicyclic) bond motifs is 6. The molecular formula is C109H127N31O6. The molecule has 6 aliphatic rings. The summed E-state index contributed by atoms with van der Waals surface area (Å²) >= 11 is 0. The fourth-order valence-corrected chi connectivity index (χ4v) is 19.2. The third-order valence-electron chi connectivity index (χ3n) is 26.8. The summed E-state index contributed by atoms with van der Waals surface area (Å²) in [4.78, 5) is 89.1. The first kappa shape index (κ1) is 101. The molecule has 21 rings (SSSR count). The number of nitrogens with two attached hydrogens (primary N) is 8. The monoisotopic (exact) mass is 1970 g/mol. The van der Waals surface area contributed by atoms with Gasteiger partial charge in [-0.2, -0.15) is 0 Å². The van der Waals surface area contributed by atoms with E-state index in [0.717, 1.165) is 188 Å². The third kappa shape index (κ3) is 24.7. The maximum atomic E-state index is 11.4. The maximum absolute atomic E-state index is 11.4. The van der Waals surface area contributed by atoms with Gasteiger partial charge in [-0.25, -0.2) is 69.8 Å². The number of nitrogen functional groups attached to an aromatic ring is 8. The molecule has 10 aromatic heterocycles. The van der Waals surface area contributed by atoms with Crippen LogP contribution in [0.15, 0.2) is 176 Å². The van der Waals surface area contributed by atoms with Crippen molar-refractivity contribution in [3.63, 3.8) is 0 Å². The van der Waals surface area contributed by atoms with Crippen LogP contribution in [0.2, 0.25) is 0 Å². The summed E-state index contributed by atoms with van der Waals surface area (Å²) < 4.78 is 28.7. The zero-order valence-electron chi connectivity index (χ0n) is 84.7. The summed E-state index contributed by atoms with van der Waals surface area (Å²) in [5.74, 6) is 7.00. The molecule has 146 heavy (non-hydrogen) atoms. The van der Waals surface area contributed by atoms with E-state index >= 15 is 0 Å². The Morgan fingerprint density at radius 2 is 0.795 bits per heavy atom. The number of hydrogen-bond acceptors (Lipinski definition) is 36. The molecule has 0 fully saturated rings. The molecule has 19 N–H and O–H groups in total. The summed E-state index contributed by atoms with van der Waals surface area (Å²) in [5, 5.41) is 6.49. The average Bonchev–Trinajstić information content (AvgIpc) is 0.776. The highest BCUT2D eigenvalue weighted by atomic mass is 16.5. The Balaban J connectivity index is 0.000000125. The summed E-state index contributed by atoms with van der Waals surface area (Å²) in [6.45, 7) is 24.1. The lowest BCUT2D eigenvalue weighted by Crippen LogP contribution is -2.27. The number of anilines is 11. The quantitative estimate of drug-likeness (QED) is 0.0318. The minimum absolute atomic E-state index is 0.177. The number of aromatic nitrogens is 15. The van der Waals surface area contributed by atoms with Crippen LogP contribution in [0.1, 0.15) is 111 Å². The van der Waals surface area contributed by atoms with E-state index in [1.807, 2.05) is 42.3 Å². The fourth-order valence-electron chi connectivity index (χ4n) is 19.2. The first-order valence-electron chi connectivity index (χ1n) is 48.7. The summed E-state index contributed by atoms with van der Waals surface area (Å²) in [6, 6.07) is 36.3. The predicted octanol–water partition coefficient (Wildman–Crippen LogP) is 12.9. The molecule has 16 heterocycles. The Morgan fingerprint density at radius 3 is 1.23 bits per heavy atom. The molecule has 37 heteroatoms. The molecule has 0 saturated carbocycles. The molecule has 6 aliphatic heterocycles. The number of hydrogen-bond donors (Lipinski definition) is 11. The lowest BCUT2D eigenvalue weighted by Gasteiger charge is -2.27. The van der Waals surface area contributed by atoms with Crippen LogP contribution in [-0.2, 0) is 97.7 Å². The van der Waals surface area contributed by atoms with Gasteiger partial charge in [0.15, 0.2) is 52.3 Å². The summed E-state index contributed by atoms with van der Waals surface area (Å²) in [6.07, 6.45) is 22.2. The fraction of sp³-hybridized carbons (Fsp3) is 0.312. The van der Waals surface area contributed by atoms with Crippen LogP contribution in [0.5, 0.6) is 29.1 Å². The second-order valence-corrected chi connectivity index (χ2v) is 38.0. The molecule has 0 amide bonds. The van der Waals surface area contributed by atoms with E-state index in [0.29, 0.717) is 83.5 Å². The van der Waals surface area contributed by atoms with Crippen molar-refractivity contribution in [2.75, 3.05) is 157 Å². The molecule has 0 unspecified atom stereocenters. The second-order valence-electron chi connectivity index (χ2n) is 38.0. The van der Waals surface area contributed by atoms with Crippen LogP contribution in [0.3, 0.4) is 0 Å². The van der Waals surface area contributed by atoms with Gasteiger partial charge in [-0.1, -0.05) is 0 Å². The van der Waals surface area contributed by atoms with Crippen molar-refractivity contribution in [1.82, 2.24) is 99.3 Å². The standard InChI is InChI=1S/C23H26N6O2.C22H27N7.C22H26N6O2.C21H25N7.C21H23N5O2/c1-14-9-16(10-17-12-29(2)7-4-18(14)17)19-11-27-21(24)23(28-19)31-13-15-3-5-25-22-20(15)30-8-6-26-22;1-14-8-16(10-17-13-28(2)7-5-18(14)17)19-11-26-21(24)22(27-19)29(3)12-15-4-6-25-20(23)9-15;1-13-6-14(7-15-11-28(2)5-4-17(13)15)18-9-26-21(24)22(27-18)30-12-16-8-20(23)25-10-19(16)29-3;1-13-7-15(9-16-12-28(2)6-4-17(13)16)18-11-25-20(23)21(27-18)26-10-14-3-5-24-19(22)8-14;1-13-7-15(9-16-11-26(2)6-4-17(13)16)18-10-24-20(22)21(25-18)28-12-14-3-5-23-19(27)8-14/h3,5,9-11H,4,6-8,12-13H2,1-2H3,(H2,24,27)(H,25,26);4,6,8-11H,5,7,12-13H2,1-3H3,(H2,23,25)(H2,24,26);6-10H,4-5,11-12H2,1-3H3,(H2,23,25)(H2,24,26);3,5,7-9,11H,4,6,10,12H2,1-2H3,(H2,22,24)(H2,23,25)(H,26,27);3,5,7-10H,4,6,11-12H2,1-2H3,(H2,22,24)(H,23,27). The smallest absolute Gasteiger partial charge is 0.258 e. The summed E-state index contributed by atoms with van der Waals surface area (Å²) in [5.41, 5.74) is 81.2. The van der Waals surface area contributed by atoms with Gasteiger partial charge < -0.3 is 115 Å². The first-order chi connectivity index (χ1) is 70.4. The molecule has 15 aromatic rings. The average molecular weight is 1970 g/mol. The van der Waals surface area contributed by atoms with Crippen LogP contribution in [0.4, 0.5) is 64.0 Å². The highest BCUT2D eigenvalue weighted by Crippen LogP contribution is 2.39. The van der Waals surface area contributed by atoms with Crippen LogP contribution >= 0.6 is 0 Å². The number of aromatic amines is 1. The topological polar surface area (TPSA) is 511 Å². The normalized spacial score (nSPS) is 14.2. The van der Waals surface area contributed by atoms with E-state index in [9.17, 15) is 4.79 Å². The van der Waals surface area contributed by atoms with Gasteiger partial charge in [0.05, 0.1) is 79.3 Å². The molecule has 0 radical (unpaired) electrons. The minimum atomic E-state index is -0.177. The van der Waals surface area contributed by atoms with E-state index in [1.54, 1.807) is 81.2 Å². The lowest BCUT2D eigenvalue weighted by atomic mass is 9.92. The van der Waals surface area contributed by atoms with Gasteiger partial charge >= 0.3 is 0 Å². The molecule has 0 spiro atoms. The Kier molecular flexibility index (Phi) is 31.5. The molecule has 0 saturated heterocycles. The molecule has 37 nitrogen and oxygen atoms in total. The van der Waals surface area contributed by atoms with E-state index in [2.05, 4.69) is 230 Å². The van der Waals surface area contributed by atoms with E-state index in [4.69, 9.17) is 79.5 Å². The molecular weight excluding hydrogens is 1840 g/mol. The number of methoxy groups -OCH3 is 1. The van der Waals surface area contributed by atoms with Gasteiger partial charge in [-0.3, -0.25) is 4.79 Å². The van der Waals surface area contributed by atoms with Crippen molar-refractivity contribution < 1.29 is 23.7 Å². The van der Waals surface area contributed by atoms with Gasteiger partial charge in [0.1, 0.15) is 49.6 Å². The van der Waals surface area contributed by atoms with Crippen LogP contribution < -0.4 is 90.6 Å². The number of aryl methyl sites for hydroxylation is 5. The number of ether oxygens (including phenoxy) is 5. The maximum Gasteiger partial charge on any atom is 0.258 e. The van der Waals surface area contributed by atoms with E-state index < -0.39 is 0 Å². The van der Waals surface area contributed by atoms with E-state index in [1.165, 1.54) is 89.5 Å². The number of nitrogens with zero attached hydrogens (tertiary/aromatic N) is 20. The Labute approximate surface area is 849 Å². The predicted molar refractivity (Wildman–Crippen MR) is 573 cm³/mol. The first-order valence-corrected chi connectivity index (χ1v) is 48.7. The lowest BCUT2D eigenvalue weighted by molar-refractivity contribution is 0.273. The largest absolute Gasteiger partial charge is 0.495 e. The van der Waals surface area contributed by atoms with Crippen LogP contribution in [-0.4, -0.2) is 195 Å². The Bertz CT molecular complexity index is 7350. The number of benzene rings is 5.